The summed E-state index contributed by atoms with van der Waals surface area (Å²) in [6.07, 6.45) is 0.968. The zero-order chi connectivity index (χ0) is 17.5. The number of benzene rings is 1. The molecule has 1 heterocycles. The first-order valence-corrected chi connectivity index (χ1v) is 9.62. The summed E-state index contributed by atoms with van der Waals surface area (Å²) in [4.78, 5) is 28.3. The molecule has 1 aliphatic heterocycles. The van der Waals surface area contributed by atoms with E-state index in [0.29, 0.717) is 23.7 Å². The predicted octanol–water partition coefficient (Wildman–Crippen LogP) is 3.39. The Morgan fingerprint density at radius 2 is 2.00 bits per heavy atom. The predicted molar refractivity (Wildman–Crippen MR) is 101 cm³/mol. The van der Waals surface area contributed by atoms with Gasteiger partial charge in [0.05, 0.1) is 0 Å². The Hall–Kier alpha value is -1.69. The third-order valence-corrected chi connectivity index (χ3v) is 4.99. The van der Waals surface area contributed by atoms with E-state index < -0.39 is 0 Å². The van der Waals surface area contributed by atoms with Gasteiger partial charge in [-0.3, -0.25) is 4.79 Å². The van der Waals surface area contributed by atoms with Crippen LogP contribution in [0.5, 0.6) is 0 Å². The van der Waals surface area contributed by atoms with Crippen LogP contribution in [0, 0.1) is 5.92 Å². The molecule has 1 aliphatic rings. The molecule has 0 aliphatic carbocycles. The van der Waals surface area contributed by atoms with Crippen molar-refractivity contribution in [3.05, 3.63) is 29.8 Å². The monoisotopic (exact) mass is 349 g/mol. The fraction of sp³-hybridized carbons (Fsp3) is 0.556. The molecular formula is C18H27N3O2S. The number of carbonyl (C=O) groups is 2. The van der Waals surface area contributed by atoms with Gasteiger partial charge in [0.25, 0.3) is 5.91 Å². The number of hydrogen-bond acceptors (Lipinski definition) is 3. The summed E-state index contributed by atoms with van der Waals surface area (Å²) in [5.41, 5.74) is 1.29. The first-order valence-electron chi connectivity index (χ1n) is 8.46. The van der Waals surface area contributed by atoms with Crippen LogP contribution in [0.15, 0.2) is 24.3 Å². The summed E-state index contributed by atoms with van der Waals surface area (Å²) in [5.74, 6) is 2.58. The number of thioether (sulfide) groups is 1. The van der Waals surface area contributed by atoms with Crippen LogP contribution < -0.4 is 5.32 Å². The second-order valence-corrected chi connectivity index (χ2v) is 7.74. The van der Waals surface area contributed by atoms with Gasteiger partial charge in [-0.15, -0.1) is 0 Å². The Balaban J connectivity index is 1.96. The number of urea groups is 1. The number of nitrogens with zero attached hydrogens (tertiary/aromatic N) is 2. The molecule has 0 unspecified atom stereocenters. The minimum absolute atomic E-state index is 0.0413. The molecule has 1 N–H and O–H groups in total. The molecule has 5 nitrogen and oxygen atoms in total. The highest BCUT2D eigenvalue weighted by Gasteiger charge is 2.19. The molecule has 0 spiro atoms. The summed E-state index contributed by atoms with van der Waals surface area (Å²) >= 11 is 1.88. The van der Waals surface area contributed by atoms with Crippen LogP contribution in [-0.2, 0) is 0 Å². The molecule has 1 saturated heterocycles. The minimum atomic E-state index is -0.144. The lowest BCUT2D eigenvalue weighted by Crippen LogP contribution is -2.38. The highest BCUT2D eigenvalue weighted by molar-refractivity contribution is 7.99. The normalized spacial score (nSPS) is 14.6. The van der Waals surface area contributed by atoms with Gasteiger partial charge in [0.15, 0.2) is 0 Å². The average molecular weight is 350 g/mol. The molecule has 0 saturated carbocycles. The van der Waals surface area contributed by atoms with Crippen molar-refractivity contribution in [2.75, 3.05) is 43.5 Å². The molecule has 24 heavy (non-hydrogen) atoms. The highest BCUT2D eigenvalue weighted by atomic mass is 32.2. The molecule has 1 aromatic carbocycles. The van der Waals surface area contributed by atoms with Gasteiger partial charge in [0.1, 0.15) is 0 Å². The quantitative estimate of drug-likeness (QED) is 0.886. The molecule has 1 fully saturated rings. The zero-order valence-corrected chi connectivity index (χ0v) is 15.6. The van der Waals surface area contributed by atoms with Gasteiger partial charge in [-0.25, -0.2) is 4.79 Å². The topological polar surface area (TPSA) is 52.7 Å². The van der Waals surface area contributed by atoms with Gasteiger partial charge >= 0.3 is 6.03 Å². The molecule has 0 aromatic heterocycles. The first-order chi connectivity index (χ1) is 11.5. The van der Waals surface area contributed by atoms with Crippen LogP contribution in [0.1, 0.15) is 30.6 Å². The summed E-state index contributed by atoms with van der Waals surface area (Å²) in [6.45, 7) is 6.57. The molecule has 6 heteroatoms. The van der Waals surface area contributed by atoms with Gasteiger partial charge in [0.2, 0.25) is 0 Å². The van der Waals surface area contributed by atoms with Crippen molar-refractivity contribution >= 4 is 29.4 Å². The maximum Gasteiger partial charge on any atom is 0.321 e. The van der Waals surface area contributed by atoms with Crippen LogP contribution in [0.4, 0.5) is 10.5 Å². The Bertz CT molecular complexity index is 571. The minimum Gasteiger partial charge on any atom is -0.337 e. The van der Waals surface area contributed by atoms with E-state index in [1.807, 2.05) is 34.9 Å². The molecular weight excluding hydrogens is 322 g/mol. The van der Waals surface area contributed by atoms with Crippen LogP contribution in [0.3, 0.4) is 0 Å². The molecule has 0 bridgehead atoms. The van der Waals surface area contributed by atoms with Crippen molar-refractivity contribution in [1.29, 1.82) is 0 Å². The third kappa shape index (κ3) is 5.44. The van der Waals surface area contributed by atoms with E-state index in [1.54, 1.807) is 18.0 Å². The van der Waals surface area contributed by atoms with Gasteiger partial charge < -0.3 is 15.1 Å². The lowest BCUT2D eigenvalue weighted by molar-refractivity contribution is 0.0772. The van der Waals surface area contributed by atoms with Crippen LogP contribution in [0.2, 0.25) is 0 Å². The van der Waals surface area contributed by atoms with E-state index in [1.165, 1.54) is 0 Å². The zero-order valence-electron chi connectivity index (χ0n) is 14.7. The largest absolute Gasteiger partial charge is 0.337 e. The van der Waals surface area contributed by atoms with Gasteiger partial charge in [-0.2, -0.15) is 11.8 Å². The molecule has 132 valence electrons. The summed E-state index contributed by atoms with van der Waals surface area (Å²) < 4.78 is 0. The van der Waals surface area contributed by atoms with E-state index in [0.717, 1.165) is 31.0 Å². The number of amides is 3. The van der Waals surface area contributed by atoms with Crippen molar-refractivity contribution in [1.82, 2.24) is 9.80 Å². The average Bonchev–Trinajstić information content (AvgIpc) is 2.59. The number of carbonyl (C=O) groups excluding carboxylic acids is 2. The van der Waals surface area contributed by atoms with Crippen molar-refractivity contribution < 1.29 is 9.59 Å². The number of rotatable bonds is 5. The number of hydrogen-bond donors (Lipinski definition) is 1. The summed E-state index contributed by atoms with van der Waals surface area (Å²) in [7, 11) is 1.79. The Morgan fingerprint density at radius 1 is 1.29 bits per heavy atom. The highest BCUT2D eigenvalue weighted by Crippen LogP contribution is 2.16. The first kappa shape index (κ1) is 18.6. The maximum absolute atomic E-state index is 12.5. The van der Waals surface area contributed by atoms with E-state index >= 15 is 0 Å². The summed E-state index contributed by atoms with van der Waals surface area (Å²) in [5, 5.41) is 2.88. The van der Waals surface area contributed by atoms with E-state index in [9.17, 15) is 9.59 Å². The molecule has 0 radical (unpaired) electrons. The second kappa shape index (κ2) is 8.97. The Labute approximate surface area is 148 Å². The molecule has 0 atom stereocenters. The molecule has 3 amide bonds. The van der Waals surface area contributed by atoms with Gasteiger partial charge in [-0.05, 0) is 30.5 Å². The Morgan fingerprint density at radius 3 is 2.67 bits per heavy atom. The smallest absolute Gasteiger partial charge is 0.321 e. The number of anilines is 1. The van der Waals surface area contributed by atoms with Crippen LogP contribution in [-0.4, -0.2) is 59.9 Å². The van der Waals surface area contributed by atoms with Gasteiger partial charge in [0, 0.05) is 49.4 Å². The molecule has 2 rings (SSSR count). The van der Waals surface area contributed by atoms with E-state index in [-0.39, 0.29) is 11.9 Å². The fourth-order valence-electron chi connectivity index (χ4n) is 2.45. The molecule has 1 aromatic rings. The lowest BCUT2D eigenvalue weighted by atomic mass is 10.1. The van der Waals surface area contributed by atoms with Crippen molar-refractivity contribution in [2.24, 2.45) is 5.92 Å². The van der Waals surface area contributed by atoms with Crippen molar-refractivity contribution in [2.45, 2.75) is 20.3 Å². The fourth-order valence-corrected chi connectivity index (χ4v) is 3.35. The second-order valence-electron chi connectivity index (χ2n) is 6.52. The maximum atomic E-state index is 12.5. The van der Waals surface area contributed by atoms with Crippen molar-refractivity contribution in [3.63, 3.8) is 0 Å². The number of nitrogens with one attached hydrogen (secondary N) is 1. The van der Waals surface area contributed by atoms with Crippen LogP contribution in [0.25, 0.3) is 0 Å². The van der Waals surface area contributed by atoms with E-state index in [4.69, 9.17) is 0 Å². The van der Waals surface area contributed by atoms with Gasteiger partial charge in [-0.1, -0.05) is 19.9 Å². The lowest BCUT2D eigenvalue weighted by Gasteiger charge is -2.26. The van der Waals surface area contributed by atoms with E-state index in [2.05, 4.69) is 19.2 Å². The van der Waals surface area contributed by atoms with Crippen LogP contribution >= 0.6 is 11.8 Å². The standard InChI is InChI=1S/C18H27N3O2S/c1-14(2)7-8-20(3)18(23)19-16-6-4-5-15(13-16)17(22)21-9-11-24-12-10-21/h4-6,13-14H,7-12H2,1-3H3,(H,19,23). The third-order valence-electron chi connectivity index (χ3n) is 4.05. The van der Waals surface area contributed by atoms with Crippen molar-refractivity contribution in [3.8, 4) is 0 Å². The Kier molecular flexibility index (Phi) is 6.97. The summed E-state index contributed by atoms with van der Waals surface area (Å²) in [6, 6.07) is 7.06. The SMILES string of the molecule is CC(C)CCN(C)C(=O)Nc1cccc(C(=O)N2CCSCC2)c1.